The van der Waals surface area contributed by atoms with Gasteiger partial charge in [0.2, 0.25) is 0 Å². The molecule has 0 atom stereocenters. The average molecular weight is 296 g/mol. The molecule has 0 saturated heterocycles. The van der Waals surface area contributed by atoms with Gasteiger partial charge >= 0.3 is 0 Å². The van der Waals surface area contributed by atoms with Gasteiger partial charge in [0, 0.05) is 10.9 Å². The van der Waals surface area contributed by atoms with Crippen LogP contribution >= 0.6 is 27.5 Å². The molecule has 0 aliphatic rings. The summed E-state index contributed by atoms with van der Waals surface area (Å²) >= 11 is 8.72. The maximum absolute atomic E-state index is 12.6. The molecule has 1 rings (SSSR count). The number of alkyl halides is 3. The molecule has 1 aromatic heterocycles. The summed E-state index contributed by atoms with van der Waals surface area (Å²) in [5.74, 6) is 0. The van der Waals surface area contributed by atoms with E-state index in [1.165, 1.54) is 0 Å². The first-order valence-electron chi connectivity index (χ1n) is 3.99. The van der Waals surface area contributed by atoms with Gasteiger partial charge in [-0.3, -0.25) is 0 Å². The Morgan fingerprint density at radius 3 is 2.73 bits per heavy atom. The maximum atomic E-state index is 12.6. The highest BCUT2D eigenvalue weighted by atomic mass is 79.9. The molecule has 0 unspecified atom stereocenters. The molecule has 0 bridgehead atoms. The first kappa shape index (κ1) is 12.3. The van der Waals surface area contributed by atoms with Crippen molar-refractivity contribution in [3.63, 3.8) is 0 Å². The van der Waals surface area contributed by atoms with Crippen LogP contribution in [0.25, 0.3) is 0 Å². The molecule has 0 aliphatic heterocycles. The molecule has 1 aromatic rings. The van der Waals surface area contributed by atoms with Gasteiger partial charge in [-0.1, -0.05) is 27.5 Å². The molecule has 0 aromatic carbocycles. The number of aromatic nitrogens is 1. The summed E-state index contributed by atoms with van der Waals surface area (Å²) in [4.78, 5) is 3.89. The molecule has 0 amide bonds. The summed E-state index contributed by atoms with van der Waals surface area (Å²) in [6.07, 6.45) is -2.74. The summed E-state index contributed by atoms with van der Waals surface area (Å²) in [6, 6.07) is 2.94. The minimum absolute atomic E-state index is 0.0152. The van der Waals surface area contributed by atoms with Crippen LogP contribution in [-0.2, 0) is 11.8 Å². The monoisotopic (exact) mass is 294 g/mol. The Morgan fingerprint density at radius 1 is 1.60 bits per heavy atom. The zero-order chi connectivity index (χ0) is 11.4. The summed E-state index contributed by atoms with van der Waals surface area (Å²) in [5, 5.41) is 8.86. The third-order valence-electron chi connectivity index (χ3n) is 1.83. The minimum Gasteiger partial charge on any atom is -0.240 e. The standard InChI is InChI=1S/C9H6BrClF2N2/c10-4-7-5(1-2-14)6(9(12)13)3-8(11)15-7/h3,9H,1,4H2. The Kier molecular flexibility index (Phi) is 4.43. The minimum atomic E-state index is -2.65. The van der Waals surface area contributed by atoms with Crippen molar-refractivity contribution in [3.8, 4) is 6.07 Å². The third kappa shape index (κ3) is 2.86. The van der Waals surface area contributed by atoms with Crippen molar-refractivity contribution < 1.29 is 8.78 Å². The van der Waals surface area contributed by atoms with Gasteiger partial charge in [0.1, 0.15) is 5.15 Å². The Labute approximate surface area is 99.0 Å². The predicted octanol–water partition coefficient (Wildman–Crippen LogP) is 3.63. The molecule has 0 saturated carbocycles. The van der Waals surface area contributed by atoms with Crippen LogP contribution < -0.4 is 0 Å². The summed E-state index contributed by atoms with van der Waals surface area (Å²) in [7, 11) is 0. The van der Waals surface area contributed by atoms with Gasteiger partial charge in [-0.05, 0) is 11.6 Å². The third-order valence-corrected chi connectivity index (χ3v) is 2.56. The maximum Gasteiger partial charge on any atom is 0.264 e. The number of pyridine rings is 1. The van der Waals surface area contributed by atoms with Gasteiger partial charge in [-0.2, -0.15) is 5.26 Å². The zero-order valence-electron chi connectivity index (χ0n) is 7.48. The molecule has 0 fully saturated rings. The molecular formula is C9H6BrClF2N2. The van der Waals surface area contributed by atoms with Crippen LogP contribution in [0.1, 0.15) is 23.2 Å². The van der Waals surface area contributed by atoms with Gasteiger partial charge in [-0.15, -0.1) is 0 Å². The lowest BCUT2D eigenvalue weighted by Gasteiger charge is -2.10. The number of hydrogen-bond donors (Lipinski definition) is 0. The van der Waals surface area contributed by atoms with Crippen LogP contribution in [0, 0.1) is 11.3 Å². The molecule has 2 nitrogen and oxygen atoms in total. The van der Waals surface area contributed by atoms with E-state index < -0.39 is 6.43 Å². The van der Waals surface area contributed by atoms with E-state index >= 15 is 0 Å². The van der Waals surface area contributed by atoms with Gasteiger partial charge in [0.05, 0.1) is 18.2 Å². The average Bonchev–Trinajstić information content (AvgIpc) is 2.19. The molecule has 15 heavy (non-hydrogen) atoms. The number of nitriles is 1. The smallest absolute Gasteiger partial charge is 0.240 e. The molecule has 0 N–H and O–H groups in total. The highest BCUT2D eigenvalue weighted by Gasteiger charge is 2.18. The first-order chi connectivity index (χ1) is 7.10. The van der Waals surface area contributed by atoms with Crippen LogP contribution in [0.5, 0.6) is 0 Å². The van der Waals surface area contributed by atoms with Crippen LogP contribution in [0.2, 0.25) is 5.15 Å². The number of halogens is 4. The quantitative estimate of drug-likeness (QED) is 0.630. The van der Waals surface area contributed by atoms with E-state index in [0.717, 1.165) is 6.07 Å². The SMILES string of the molecule is N#CCc1c(C(F)F)cc(Cl)nc1CBr. The van der Waals surface area contributed by atoms with Crippen molar-refractivity contribution in [2.75, 3.05) is 0 Å². The van der Waals surface area contributed by atoms with Crippen molar-refractivity contribution in [1.29, 1.82) is 5.26 Å². The van der Waals surface area contributed by atoms with E-state index in [2.05, 4.69) is 20.9 Å². The topological polar surface area (TPSA) is 36.7 Å². The number of rotatable bonds is 3. The van der Waals surface area contributed by atoms with Crippen molar-refractivity contribution >= 4 is 27.5 Å². The van der Waals surface area contributed by atoms with Crippen LogP contribution in [0.4, 0.5) is 8.78 Å². The fourth-order valence-electron chi connectivity index (χ4n) is 1.20. The lowest BCUT2D eigenvalue weighted by atomic mass is 10.0. The van der Waals surface area contributed by atoms with Gasteiger partial charge in [0.25, 0.3) is 6.43 Å². The second kappa shape index (κ2) is 5.38. The van der Waals surface area contributed by atoms with Crippen molar-refractivity contribution in [2.24, 2.45) is 0 Å². The Balaban J connectivity index is 3.34. The van der Waals surface area contributed by atoms with E-state index in [1.807, 2.05) is 6.07 Å². The zero-order valence-corrected chi connectivity index (χ0v) is 9.82. The van der Waals surface area contributed by atoms with E-state index in [1.54, 1.807) is 0 Å². The van der Waals surface area contributed by atoms with Gasteiger partial charge in [0.15, 0.2) is 0 Å². The molecule has 80 valence electrons. The second-order valence-corrected chi connectivity index (χ2v) is 3.68. The normalized spacial score (nSPS) is 10.4. The van der Waals surface area contributed by atoms with Crippen molar-refractivity contribution in [1.82, 2.24) is 4.98 Å². The predicted molar refractivity (Wildman–Crippen MR) is 56.2 cm³/mol. The fraction of sp³-hybridized carbons (Fsp3) is 0.333. The van der Waals surface area contributed by atoms with Crippen LogP contribution in [0.15, 0.2) is 6.07 Å². The molecule has 0 aliphatic carbocycles. The Bertz CT molecular complexity index is 404. The Morgan fingerprint density at radius 2 is 2.27 bits per heavy atom. The highest BCUT2D eigenvalue weighted by molar-refractivity contribution is 9.08. The number of nitrogens with zero attached hydrogens (tertiary/aromatic N) is 2. The molecule has 0 radical (unpaired) electrons. The van der Waals surface area contributed by atoms with E-state index in [4.69, 9.17) is 16.9 Å². The molecule has 0 spiro atoms. The first-order valence-corrected chi connectivity index (χ1v) is 5.49. The highest BCUT2D eigenvalue weighted by Crippen LogP contribution is 2.28. The van der Waals surface area contributed by atoms with Gasteiger partial charge in [-0.25, -0.2) is 13.8 Å². The molecular weight excluding hydrogens is 289 g/mol. The van der Waals surface area contributed by atoms with E-state index in [-0.39, 0.29) is 22.7 Å². The lowest BCUT2D eigenvalue weighted by Crippen LogP contribution is -2.02. The van der Waals surface area contributed by atoms with Crippen molar-refractivity contribution in [3.05, 3.63) is 28.0 Å². The van der Waals surface area contributed by atoms with Crippen LogP contribution in [0.3, 0.4) is 0 Å². The van der Waals surface area contributed by atoms with Crippen LogP contribution in [-0.4, -0.2) is 4.98 Å². The molecule has 6 heteroatoms. The van der Waals surface area contributed by atoms with E-state index in [9.17, 15) is 8.78 Å². The summed E-state index contributed by atoms with van der Waals surface area (Å²) < 4.78 is 25.3. The second-order valence-electron chi connectivity index (χ2n) is 2.73. The van der Waals surface area contributed by atoms with Gasteiger partial charge < -0.3 is 0 Å². The lowest BCUT2D eigenvalue weighted by molar-refractivity contribution is 0.150. The van der Waals surface area contributed by atoms with E-state index in [0.29, 0.717) is 11.0 Å². The fourth-order valence-corrected chi connectivity index (χ4v) is 1.88. The summed E-state index contributed by atoms with van der Waals surface area (Å²) in [5.41, 5.74) is 0.430. The van der Waals surface area contributed by atoms with Crippen molar-refractivity contribution in [2.45, 2.75) is 18.2 Å². The Hall–Kier alpha value is -0.730. The summed E-state index contributed by atoms with van der Waals surface area (Å²) in [6.45, 7) is 0. The largest absolute Gasteiger partial charge is 0.264 e. The number of hydrogen-bond acceptors (Lipinski definition) is 2. The molecule has 1 heterocycles.